The van der Waals surface area contributed by atoms with Crippen LogP contribution < -0.4 is 10.5 Å². The molecule has 9 nitrogen and oxygen atoms in total. The van der Waals surface area contributed by atoms with Crippen LogP contribution >= 0.6 is 0 Å². The van der Waals surface area contributed by atoms with Gasteiger partial charge in [-0.2, -0.15) is 14.1 Å². The highest BCUT2D eigenvalue weighted by Gasteiger charge is 2.31. The van der Waals surface area contributed by atoms with E-state index in [1.54, 1.807) is 13.8 Å². The second-order valence-electron chi connectivity index (χ2n) is 7.72. The molecule has 170 valence electrons. The molecule has 1 atom stereocenters. The number of nitrogens with zero attached hydrogens (tertiary/aromatic N) is 4. The third-order valence-corrected chi connectivity index (χ3v) is 7.59. The van der Waals surface area contributed by atoms with Gasteiger partial charge in [0.25, 0.3) is 5.56 Å². The van der Waals surface area contributed by atoms with E-state index in [0.29, 0.717) is 24.5 Å². The number of hydrogen-bond acceptors (Lipinski definition) is 7. The molecule has 2 N–H and O–H groups in total. The van der Waals surface area contributed by atoms with Crippen LogP contribution in [0.3, 0.4) is 0 Å². The van der Waals surface area contributed by atoms with Gasteiger partial charge in [-0.05, 0) is 38.1 Å². The van der Waals surface area contributed by atoms with Gasteiger partial charge in [0.05, 0.1) is 35.5 Å². The van der Waals surface area contributed by atoms with Gasteiger partial charge in [-0.1, -0.05) is 0 Å². The van der Waals surface area contributed by atoms with Crippen LogP contribution in [0.15, 0.2) is 35.3 Å². The molecule has 1 aromatic carbocycles. The lowest BCUT2D eigenvalue weighted by Crippen LogP contribution is -2.51. The van der Waals surface area contributed by atoms with E-state index >= 15 is 0 Å². The first-order valence-electron chi connectivity index (χ1n) is 10.0. The zero-order chi connectivity index (χ0) is 22.8. The molecule has 0 radical (unpaired) electrons. The van der Waals surface area contributed by atoms with Crippen molar-refractivity contribution < 1.29 is 23.0 Å². The monoisotopic (exact) mass is 454 g/mol. The lowest BCUT2D eigenvalue weighted by atomic mass is 10.1. The minimum atomic E-state index is -3.37. The van der Waals surface area contributed by atoms with Crippen LogP contribution in [0.2, 0.25) is 0 Å². The van der Waals surface area contributed by atoms with Crippen molar-refractivity contribution in [2.45, 2.75) is 31.6 Å². The number of benzene rings is 1. The highest BCUT2D eigenvalue weighted by molar-refractivity contribution is 7.89. The number of hydrogen-bond donors (Lipinski definition) is 2. The van der Waals surface area contributed by atoms with E-state index in [4.69, 9.17) is 0 Å². The van der Waals surface area contributed by atoms with Crippen LogP contribution in [0, 0.1) is 5.82 Å². The molecule has 0 saturated carbocycles. The highest BCUT2D eigenvalue weighted by Crippen LogP contribution is 2.22. The fourth-order valence-corrected chi connectivity index (χ4v) is 4.76. The van der Waals surface area contributed by atoms with Gasteiger partial charge >= 0.3 is 0 Å². The predicted molar refractivity (Wildman–Crippen MR) is 114 cm³/mol. The van der Waals surface area contributed by atoms with Gasteiger partial charge in [0.2, 0.25) is 10.0 Å². The van der Waals surface area contributed by atoms with Crippen molar-refractivity contribution in [3.8, 4) is 5.69 Å². The Morgan fingerprint density at radius 1 is 1.13 bits per heavy atom. The maximum Gasteiger partial charge on any atom is 0.276 e. The third-order valence-electron chi connectivity index (χ3n) is 5.31. The van der Waals surface area contributed by atoms with Crippen molar-refractivity contribution in [2.75, 3.05) is 37.7 Å². The smallest absolute Gasteiger partial charge is 0.276 e. The van der Waals surface area contributed by atoms with Gasteiger partial charge in [-0.3, -0.25) is 4.79 Å². The number of aromatic nitrogens is 2. The Labute approximate surface area is 180 Å². The average molecular weight is 455 g/mol. The molecule has 1 aliphatic heterocycles. The van der Waals surface area contributed by atoms with E-state index in [1.807, 2.05) is 4.90 Å². The molecule has 0 bridgehead atoms. The molecule has 0 unspecified atom stereocenters. The summed E-state index contributed by atoms with van der Waals surface area (Å²) >= 11 is 0. The minimum Gasteiger partial charge on any atom is -0.394 e. The Kier molecular flexibility index (Phi) is 7.10. The quantitative estimate of drug-likeness (QED) is 0.611. The summed E-state index contributed by atoms with van der Waals surface area (Å²) in [7, 11) is -3.37. The summed E-state index contributed by atoms with van der Waals surface area (Å²) in [5.74, 6) is -0.446. The van der Waals surface area contributed by atoms with E-state index in [1.165, 1.54) is 34.8 Å². The molecule has 11 heteroatoms. The topological polar surface area (TPSA) is 116 Å². The summed E-state index contributed by atoms with van der Waals surface area (Å²) in [6, 6.07) is 5.28. The molecule has 3 rings (SSSR count). The van der Waals surface area contributed by atoms with Gasteiger partial charge in [-0.25, -0.2) is 12.8 Å². The van der Waals surface area contributed by atoms with E-state index < -0.39 is 39.4 Å². The van der Waals surface area contributed by atoms with E-state index in [2.05, 4.69) is 5.10 Å². The van der Waals surface area contributed by atoms with E-state index in [0.717, 1.165) is 4.68 Å². The van der Waals surface area contributed by atoms with Crippen LogP contribution in [0.1, 0.15) is 19.4 Å². The third kappa shape index (κ3) is 4.95. The molecule has 2 heterocycles. The first kappa shape index (κ1) is 23.3. The number of anilines is 1. The first-order chi connectivity index (χ1) is 14.6. The second-order valence-corrected chi connectivity index (χ2v) is 10.2. The second kappa shape index (κ2) is 9.43. The van der Waals surface area contributed by atoms with Gasteiger partial charge in [0, 0.05) is 38.2 Å². The van der Waals surface area contributed by atoms with Gasteiger partial charge in [0.1, 0.15) is 5.82 Å². The fraction of sp³-hybridized carbons (Fsp3) is 0.500. The molecule has 0 aliphatic carbocycles. The molecule has 31 heavy (non-hydrogen) atoms. The fourth-order valence-electron chi connectivity index (χ4n) is 3.49. The maximum absolute atomic E-state index is 13.3. The van der Waals surface area contributed by atoms with Gasteiger partial charge < -0.3 is 15.1 Å². The Morgan fingerprint density at radius 3 is 2.29 bits per heavy atom. The average Bonchev–Trinajstić information content (AvgIpc) is 2.75. The zero-order valence-electron chi connectivity index (χ0n) is 17.5. The highest BCUT2D eigenvalue weighted by atomic mass is 32.2. The van der Waals surface area contributed by atoms with Crippen LogP contribution in [0.4, 0.5) is 10.1 Å². The van der Waals surface area contributed by atoms with Crippen LogP contribution in [0.5, 0.6) is 0 Å². The number of aliphatic hydroxyl groups is 2. The Morgan fingerprint density at radius 2 is 1.74 bits per heavy atom. The molecule has 1 aliphatic rings. The summed E-state index contributed by atoms with van der Waals surface area (Å²) in [5, 5.41) is 23.0. The summed E-state index contributed by atoms with van der Waals surface area (Å²) in [6.45, 7) is 4.00. The zero-order valence-corrected chi connectivity index (χ0v) is 18.3. The molecule has 1 aromatic heterocycles. The van der Waals surface area contributed by atoms with Gasteiger partial charge in [-0.15, -0.1) is 0 Å². The summed E-state index contributed by atoms with van der Waals surface area (Å²) < 4.78 is 40.6. The normalized spacial score (nSPS) is 16.6. The maximum atomic E-state index is 13.3. The Hall–Kier alpha value is -2.34. The standard InChI is InChI=1S/C20H27FN4O5S/c1-14(2)31(29,30)24-9-7-23(8-10-24)19-12-22-25(16-5-3-15(21)4-6-16)20(28)18(19)11-17(27)13-26/h3-6,12,14,17,26-27H,7-11,13H2,1-2H3/t17-/m0/s1. The summed E-state index contributed by atoms with van der Waals surface area (Å²) in [5.41, 5.74) is 0.609. The van der Waals surface area contributed by atoms with Gasteiger partial charge in [0.15, 0.2) is 0 Å². The lowest BCUT2D eigenvalue weighted by molar-refractivity contribution is 0.0952. The lowest BCUT2D eigenvalue weighted by Gasteiger charge is -2.36. The molecular formula is C20H27FN4O5S. The number of halogens is 1. The molecule has 1 saturated heterocycles. The Balaban J connectivity index is 1.94. The number of aliphatic hydroxyl groups excluding tert-OH is 2. The number of rotatable bonds is 7. The van der Waals surface area contributed by atoms with Crippen molar-refractivity contribution in [3.63, 3.8) is 0 Å². The predicted octanol–water partition coefficient (Wildman–Crippen LogP) is 0.128. The molecule has 1 fully saturated rings. The Bertz CT molecular complexity index is 1060. The molecular weight excluding hydrogens is 427 g/mol. The SMILES string of the molecule is CC(C)S(=O)(=O)N1CCN(c2cnn(-c3ccc(F)cc3)c(=O)c2C[C@H](O)CO)CC1. The number of piperazine rings is 1. The summed E-state index contributed by atoms with van der Waals surface area (Å²) in [4.78, 5) is 15.0. The largest absolute Gasteiger partial charge is 0.394 e. The van der Waals surface area contributed by atoms with E-state index in [9.17, 15) is 27.8 Å². The van der Waals surface area contributed by atoms with E-state index in [-0.39, 0.29) is 25.1 Å². The van der Waals surface area contributed by atoms with Crippen molar-refractivity contribution in [2.24, 2.45) is 0 Å². The van der Waals surface area contributed by atoms with Crippen molar-refractivity contribution in [3.05, 3.63) is 52.2 Å². The van der Waals surface area contributed by atoms with Crippen molar-refractivity contribution in [1.29, 1.82) is 0 Å². The van der Waals surface area contributed by atoms with Crippen LogP contribution in [0.25, 0.3) is 5.69 Å². The first-order valence-corrected chi connectivity index (χ1v) is 11.6. The van der Waals surface area contributed by atoms with Crippen molar-refractivity contribution in [1.82, 2.24) is 14.1 Å². The van der Waals surface area contributed by atoms with Crippen LogP contribution in [-0.4, -0.2) is 76.9 Å². The summed E-state index contributed by atoms with van der Waals surface area (Å²) in [6.07, 6.45) is 0.244. The van der Waals surface area contributed by atoms with Crippen LogP contribution in [-0.2, 0) is 16.4 Å². The molecule has 0 amide bonds. The molecule has 0 spiro atoms. The van der Waals surface area contributed by atoms with Crippen molar-refractivity contribution >= 4 is 15.7 Å². The number of sulfonamides is 1. The minimum absolute atomic E-state index is 0.0983. The molecule has 2 aromatic rings.